The number of hydrogen-bond donors (Lipinski definition) is 1. The molecule has 0 amide bonds. The summed E-state index contributed by atoms with van der Waals surface area (Å²) < 4.78 is 6.51. The van der Waals surface area contributed by atoms with E-state index >= 15 is 0 Å². The first kappa shape index (κ1) is 13.5. The van der Waals surface area contributed by atoms with Gasteiger partial charge in [-0.1, -0.05) is 6.07 Å². The number of halogens is 1. The van der Waals surface area contributed by atoms with Gasteiger partial charge in [0.15, 0.2) is 0 Å². The first-order valence-electron chi connectivity index (χ1n) is 5.61. The number of aromatic nitrogens is 1. The van der Waals surface area contributed by atoms with Crippen LogP contribution in [0.15, 0.2) is 34.9 Å². The van der Waals surface area contributed by atoms with E-state index in [1.165, 1.54) is 12.3 Å². The minimum atomic E-state index is -1.00. The van der Waals surface area contributed by atoms with Crippen LogP contribution in [-0.2, 0) is 0 Å². The molecule has 0 aliphatic rings. The summed E-state index contributed by atoms with van der Waals surface area (Å²) in [6.45, 7) is 3.75. The fraction of sp³-hybridized carbons (Fsp3) is 0.143. The molecule has 0 aliphatic carbocycles. The summed E-state index contributed by atoms with van der Waals surface area (Å²) in [5.74, 6) is 0.0393. The third kappa shape index (κ3) is 3.12. The molecule has 4 nitrogen and oxygen atoms in total. The van der Waals surface area contributed by atoms with Gasteiger partial charge in [-0.15, -0.1) is 0 Å². The maximum atomic E-state index is 10.8. The molecule has 1 aromatic heterocycles. The molecule has 0 saturated heterocycles. The highest BCUT2D eigenvalue weighted by Crippen LogP contribution is 2.30. The van der Waals surface area contributed by atoms with Crippen LogP contribution in [0, 0.1) is 13.8 Å². The van der Waals surface area contributed by atoms with E-state index in [0.29, 0.717) is 17.2 Å². The van der Waals surface area contributed by atoms with Crippen LogP contribution in [0.3, 0.4) is 0 Å². The number of carbonyl (C=O) groups is 1. The second kappa shape index (κ2) is 5.40. The van der Waals surface area contributed by atoms with E-state index in [1.807, 2.05) is 25.1 Å². The molecule has 2 rings (SSSR count). The highest BCUT2D eigenvalue weighted by Gasteiger charge is 2.10. The van der Waals surface area contributed by atoms with Crippen LogP contribution < -0.4 is 4.74 Å². The fourth-order valence-electron chi connectivity index (χ4n) is 1.58. The zero-order valence-corrected chi connectivity index (χ0v) is 12.1. The number of hydrogen-bond acceptors (Lipinski definition) is 3. The van der Waals surface area contributed by atoms with Gasteiger partial charge in [-0.2, -0.15) is 0 Å². The van der Waals surface area contributed by atoms with Crippen LogP contribution >= 0.6 is 15.9 Å². The van der Waals surface area contributed by atoms with E-state index in [4.69, 9.17) is 9.84 Å². The summed E-state index contributed by atoms with van der Waals surface area (Å²) in [5.41, 5.74) is 1.94. The molecule has 0 aliphatic heterocycles. The van der Waals surface area contributed by atoms with Gasteiger partial charge in [0.1, 0.15) is 5.75 Å². The zero-order valence-electron chi connectivity index (χ0n) is 10.5. The molecule has 98 valence electrons. The van der Waals surface area contributed by atoms with E-state index in [-0.39, 0.29) is 5.56 Å². The number of aryl methyl sites for hydroxylation is 2. The lowest BCUT2D eigenvalue weighted by molar-refractivity contribution is 0.0696. The Morgan fingerprint density at radius 3 is 2.63 bits per heavy atom. The highest BCUT2D eigenvalue weighted by molar-refractivity contribution is 9.10. The number of carboxylic acid groups (broad SMARTS) is 1. The zero-order chi connectivity index (χ0) is 14.0. The van der Waals surface area contributed by atoms with E-state index in [9.17, 15) is 4.79 Å². The van der Waals surface area contributed by atoms with Crippen LogP contribution in [0.1, 0.15) is 21.5 Å². The first-order chi connectivity index (χ1) is 8.97. The molecular formula is C14H12BrNO3. The van der Waals surface area contributed by atoms with Gasteiger partial charge in [-0.05, 0) is 53.5 Å². The summed E-state index contributed by atoms with van der Waals surface area (Å²) in [5, 5.41) is 8.88. The molecule has 5 heteroatoms. The fourth-order valence-corrected chi connectivity index (χ4v) is 2.15. The molecule has 0 bridgehead atoms. The van der Waals surface area contributed by atoms with Crippen LogP contribution in [0.5, 0.6) is 11.6 Å². The molecule has 1 aromatic carbocycles. The number of ether oxygens (including phenoxy) is 1. The predicted octanol–water partition coefficient (Wildman–Crippen LogP) is 3.95. The number of carboxylic acids is 1. The van der Waals surface area contributed by atoms with Crippen molar-refractivity contribution in [3.05, 3.63) is 51.6 Å². The topological polar surface area (TPSA) is 59.4 Å². The van der Waals surface area contributed by atoms with Crippen molar-refractivity contribution in [2.45, 2.75) is 13.8 Å². The van der Waals surface area contributed by atoms with Crippen molar-refractivity contribution in [2.75, 3.05) is 0 Å². The Bertz CT molecular complexity index is 641. The molecule has 0 unspecified atom stereocenters. The monoisotopic (exact) mass is 321 g/mol. The Balaban J connectivity index is 2.31. The molecule has 0 saturated carbocycles. The van der Waals surface area contributed by atoms with Crippen molar-refractivity contribution in [1.29, 1.82) is 0 Å². The molecule has 19 heavy (non-hydrogen) atoms. The van der Waals surface area contributed by atoms with Crippen LogP contribution in [0.25, 0.3) is 0 Å². The minimum Gasteiger partial charge on any atom is -0.478 e. The quantitative estimate of drug-likeness (QED) is 0.929. The Morgan fingerprint density at radius 1 is 1.32 bits per heavy atom. The summed E-state index contributed by atoms with van der Waals surface area (Å²) >= 11 is 3.42. The van der Waals surface area contributed by atoms with Crippen LogP contribution in [0.4, 0.5) is 0 Å². The number of aromatic carboxylic acids is 1. The van der Waals surface area contributed by atoms with Gasteiger partial charge in [0.05, 0.1) is 10.0 Å². The van der Waals surface area contributed by atoms with Crippen LogP contribution in [-0.4, -0.2) is 16.1 Å². The van der Waals surface area contributed by atoms with Crippen molar-refractivity contribution in [3.8, 4) is 11.6 Å². The summed E-state index contributed by atoms with van der Waals surface area (Å²) in [6.07, 6.45) is 1.28. The van der Waals surface area contributed by atoms with E-state index < -0.39 is 5.97 Å². The maximum Gasteiger partial charge on any atom is 0.337 e. The Labute approximate surface area is 119 Å². The predicted molar refractivity (Wildman–Crippen MR) is 74.9 cm³/mol. The van der Waals surface area contributed by atoms with E-state index in [1.54, 1.807) is 6.92 Å². The molecule has 1 heterocycles. The van der Waals surface area contributed by atoms with Crippen LogP contribution in [0.2, 0.25) is 0 Å². The van der Waals surface area contributed by atoms with Gasteiger partial charge in [0, 0.05) is 11.8 Å². The average molecular weight is 322 g/mol. The average Bonchev–Trinajstić information content (AvgIpc) is 2.34. The van der Waals surface area contributed by atoms with Crippen molar-refractivity contribution in [2.24, 2.45) is 0 Å². The lowest BCUT2D eigenvalue weighted by Crippen LogP contribution is -2.00. The largest absolute Gasteiger partial charge is 0.478 e. The highest BCUT2D eigenvalue weighted by atomic mass is 79.9. The van der Waals surface area contributed by atoms with Gasteiger partial charge < -0.3 is 9.84 Å². The lowest BCUT2D eigenvalue weighted by atomic mass is 10.2. The SMILES string of the molecule is Cc1ccc(Oc2ncc(C(=O)O)cc2C)c(Br)c1. The van der Waals surface area contributed by atoms with Crippen molar-refractivity contribution < 1.29 is 14.6 Å². The Morgan fingerprint density at radius 2 is 2.05 bits per heavy atom. The van der Waals surface area contributed by atoms with E-state index in [0.717, 1.165) is 10.0 Å². The Hall–Kier alpha value is -1.88. The van der Waals surface area contributed by atoms with Crippen molar-refractivity contribution in [1.82, 2.24) is 4.98 Å². The molecule has 0 radical (unpaired) electrons. The summed E-state index contributed by atoms with van der Waals surface area (Å²) in [4.78, 5) is 14.9. The normalized spacial score (nSPS) is 10.3. The van der Waals surface area contributed by atoms with Gasteiger partial charge in [-0.25, -0.2) is 9.78 Å². The summed E-state index contributed by atoms with van der Waals surface area (Å²) in [6, 6.07) is 7.25. The van der Waals surface area contributed by atoms with Gasteiger partial charge in [0.2, 0.25) is 5.88 Å². The lowest BCUT2D eigenvalue weighted by Gasteiger charge is -2.10. The van der Waals surface area contributed by atoms with Gasteiger partial charge >= 0.3 is 5.97 Å². The standard InChI is InChI=1S/C14H12BrNO3/c1-8-3-4-12(11(15)5-8)19-13-9(2)6-10(7-16-13)14(17)18/h3-7H,1-2H3,(H,17,18). The second-order valence-corrected chi connectivity index (χ2v) is 5.04. The molecule has 0 fully saturated rings. The third-order valence-corrected chi connectivity index (χ3v) is 3.19. The second-order valence-electron chi connectivity index (χ2n) is 4.19. The van der Waals surface area contributed by atoms with E-state index in [2.05, 4.69) is 20.9 Å². The molecular weight excluding hydrogens is 310 g/mol. The smallest absolute Gasteiger partial charge is 0.337 e. The minimum absolute atomic E-state index is 0.146. The van der Waals surface area contributed by atoms with Crippen molar-refractivity contribution >= 4 is 21.9 Å². The number of rotatable bonds is 3. The maximum absolute atomic E-state index is 10.8. The first-order valence-corrected chi connectivity index (χ1v) is 6.40. The number of pyridine rings is 1. The molecule has 1 N–H and O–H groups in total. The number of nitrogens with zero attached hydrogens (tertiary/aromatic N) is 1. The summed E-state index contributed by atoms with van der Waals surface area (Å²) in [7, 11) is 0. The van der Waals surface area contributed by atoms with Crippen molar-refractivity contribution in [3.63, 3.8) is 0 Å². The third-order valence-electron chi connectivity index (χ3n) is 2.57. The Kier molecular flexibility index (Phi) is 3.85. The number of benzene rings is 1. The molecule has 0 atom stereocenters. The molecule has 2 aromatic rings. The van der Waals surface area contributed by atoms with Gasteiger partial charge in [0.25, 0.3) is 0 Å². The molecule has 0 spiro atoms. The van der Waals surface area contributed by atoms with Gasteiger partial charge in [-0.3, -0.25) is 0 Å².